The molecule has 0 atom stereocenters. The fraction of sp³-hybridized carbons (Fsp3) is 0.0625. The van der Waals surface area contributed by atoms with Gasteiger partial charge in [0.25, 0.3) is 0 Å². The minimum Gasteiger partial charge on any atom is -0.278 e. The molecule has 5 heteroatoms. The molecule has 0 saturated heterocycles. The van der Waals surface area contributed by atoms with E-state index in [1.807, 2.05) is 0 Å². The van der Waals surface area contributed by atoms with Crippen LogP contribution in [0.1, 0.15) is 25.0 Å². The van der Waals surface area contributed by atoms with Crippen molar-refractivity contribution in [3.63, 3.8) is 0 Å². The van der Waals surface area contributed by atoms with Gasteiger partial charge in [-0.1, -0.05) is 147 Å². The summed E-state index contributed by atoms with van der Waals surface area (Å²) in [6, 6.07) is 58.3. The number of benzene rings is 7. The molecule has 0 amide bonds. The van der Waals surface area contributed by atoms with Gasteiger partial charge in [0.15, 0.2) is 5.82 Å². The lowest BCUT2D eigenvalue weighted by Crippen LogP contribution is -2.15. The summed E-state index contributed by atoms with van der Waals surface area (Å²) < 4.78 is 4.41. The molecular weight excluding hydrogens is 647 g/mol. The molecule has 0 saturated carbocycles. The number of hydrogen-bond acceptors (Lipinski definition) is 3. The highest BCUT2D eigenvalue weighted by atomic mass is 15.3. The van der Waals surface area contributed by atoms with Gasteiger partial charge in [0, 0.05) is 32.5 Å². The van der Waals surface area contributed by atoms with E-state index in [0.29, 0.717) is 17.7 Å². The summed E-state index contributed by atoms with van der Waals surface area (Å²) in [5.74, 6) is 1.79. The Balaban J connectivity index is 1.22. The summed E-state index contributed by atoms with van der Waals surface area (Å²) >= 11 is 0. The number of para-hydroxylation sites is 3. The first-order chi connectivity index (χ1) is 26.0. The summed E-state index contributed by atoms with van der Waals surface area (Å²) in [4.78, 5) is 16.1. The van der Waals surface area contributed by atoms with Gasteiger partial charge < -0.3 is 0 Å². The van der Waals surface area contributed by atoms with Gasteiger partial charge >= 0.3 is 0 Å². The standard InChI is InChI=1S/C48H33N5/c1-48(2)39-20-10-6-16-33(39)34-26-25-32(28-40(34)48)45-49-46(52-41-21-11-7-17-35(41)36-18-8-12-22-42(36)52)51-47(50-45)53-43-23-13-9-19-37(43)38-27-24-31(29-44(38)53)30-14-4-3-5-15-30/h3-29H,1-2H3. The minimum absolute atomic E-state index is 0.159. The molecule has 1 aliphatic carbocycles. The van der Waals surface area contributed by atoms with Crippen LogP contribution < -0.4 is 0 Å². The average molecular weight is 680 g/mol. The third-order valence-corrected chi connectivity index (χ3v) is 11.2. The third kappa shape index (κ3) is 4.34. The third-order valence-electron chi connectivity index (χ3n) is 11.2. The predicted octanol–water partition coefficient (Wildman–Crippen LogP) is 11.7. The first kappa shape index (κ1) is 29.8. The molecule has 0 bridgehead atoms. The van der Waals surface area contributed by atoms with Crippen molar-refractivity contribution in [3.8, 4) is 45.5 Å². The second kappa shape index (κ2) is 11.1. The van der Waals surface area contributed by atoms with E-state index in [0.717, 1.165) is 60.3 Å². The van der Waals surface area contributed by atoms with Crippen LogP contribution in [0, 0.1) is 0 Å². The fourth-order valence-electron chi connectivity index (χ4n) is 8.66. The highest BCUT2D eigenvalue weighted by Crippen LogP contribution is 2.49. The Hall–Kier alpha value is -6.85. The van der Waals surface area contributed by atoms with E-state index in [1.165, 1.54) is 22.3 Å². The first-order valence-corrected chi connectivity index (χ1v) is 18.1. The second-order valence-electron chi connectivity index (χ2n) is 14.5. The Morgan fingerprint density at radius 2 is 0.887 bits per heavy atom. The van der Waals surface area contributed by atoms with Crippen molar-refractivity contribution in [1.82, 2.24) is 24.1 Å². The van der Waals surface area contributed by atoms with Crippen LogP contribution in [0.5, 0.6) is 0 Å². The molecule has 3 aromatic heterocycles. The maximum absolute atomic E-state index is 5.38. The molecule has 250 valence electrons. The van der Waals surface area contributed by atoms with Crippen LogP contribution in [0.25, 0.3) is 89.2 Å². The molecule has 0 aliphatic heterocycles. The van der Waals surface area contributed by atoms with Crippen molar-refractivity contribution < 1.29 is 0 Å². The molecule has 0 spiro atoms. The van der Waals surface area contributed by atoms with E-state index >= 15 is 0 Å². The Kier molecular flexibility index (Phi) is 6.23. The summed E-state index contributed by atoms with van der Waals surface area (Å²) in [6.45, 7) is 4.62. The second-order valence-corrected chi connectivity index (χ2v) is 14.5. The van der Waals surface area contributed by atoms with E-state index in [1.54, 1.807) is 0 Å². The smallest absolute Gasteiger partial charge is 0.240 e. The van der Waals surface area contributed by atoms with Crippen molar-refractivity contribution in [2.24, 2.45) is 0 Å². The van der Waals surface area contributed by atoms with E-state index in [-0.39, 0.29) is 5.41 Å². The monoisotopic (exact) mass is 679 g/mol. The molecule has 0 fully saturated rings. The van der Waals surface area contributed by atoms with Crippen LogP contribution in [0.15, 0.2) is 164 Å². The highest BCUT2D eigenvalue weighted by molar-refractivity contribution is 6.10. The first-order valence-electron chi connectivity index (χ1n) is 18.1. The van der Waals surface area contributed by atoms with E-state index in [4.69, 9.17) is 15.0 Å². The Labute approximate surface area is 306 Å². The number of nitrogens with zero attached hydrogens (tertiary/aromatic N) is 5. The van der Waals surface area contributed by atoms with Gasteiger partial charge in [-0.05, 0) is 63.7 Å². The van der Waals surface area contributed by atoms with Gasteiger partial charge in [0.05, 0.1) is 22.1 Å². The number of rotatable bonds is 4. The summed E-state index contributed by atoms with van der Waals surface area (Å²) in [6.07, 6.45) is 0. The lowest BCUT2D eigenvalue weighted by Gasteiger charge is -2.21. The summed E-state index contributed by atoms with van der Waals surface area (Å²) in [7, 11) is 0. The Morgan fingerprint density at radius 3 is 1.55 bits per heavy atom. The quantitative estimate of drug-likeness (QED) is 0.186. The van der Waals surface area contributed by atoms with E-state index < -0.39 is 0 Å². The van der Waals surface area contributed by atoms with Crippen LogP contribution in [0.4, 0.5) is 0 Å². The van der Waals surface area contributed by atoms with E-state index in [2.05, 4.69) is 187 Å². The molecule has 53 heavy (non-hydrogen) atoms. The van der Waals surface area contributed by atoms with Crippen molar-refractivity contribution in [1.29, 1.82) is 0 Å². The van der Waals surface area contributed by atoms with Gasteiger partial charge in [-0.3, -0.25) is 9.13 Å². The molecule has 0 unspecified atom stereocenters. The molecule has 10 aromatic rings. The number of fused-ring (bicyclic) bond motifs is 9. The van der Waals surface area contributed by atoms with Crippen LogP contribution in [-0.4, -0.2) is 24.1 Å². The van der Waals surface area contributed by atoms with Crippen LogP contribution >= 0.6 is 0 Å². The van der Waals surface area contributed by atoms with Crippen LogP contribution in [0.3, 0.4) is 0 Å². The Bertz CT molecular complexity index is 3040. The molecule has 1 aliphatic rings. The molecule has 3 heterocycles. The highest BCUT2D eigenvalue weighted by Gasteiger charge is 2.35. The number of aromatic nitrogens is 5. The fourth-order valence-corrected chi connectivity index (χ4v) is 8.66. The van der Waals surface area contributed by atoms with Crippen molar-refractivity contribution >= 4 is 43.6 Å². The van der Waals surface area contributed by atoms with Crippen molar-refractivity contribution in [2.45, 2.75) is 19.3 Å². The Morgan fingerprint density at radius 1 is 0.377 bits per heavy atom. The van der Waals surface area contributed by atoms with Gasteiger partial charge in [0.2, 0.25) is 11.9 Å². The molecule has 11 rings (SSSR count). The molecular formula is C48H33N5. The lowest BCUT2D eigenvalue weighted by atomic mass is 9.82. The zero-order valence-electron chi connectivity index (χ0n) is 29.3. The van der Waals surface area contributed by atoms with Crippen molar-refractivity contribution in [3.05, 3.63) is 175 Å². The minimum atomic E-state index is -0.159. The van der Waals surface area contributed by atoms with Gasteiger partial charge in [-0.25, -0.2) is 0 Å². The largest absolute Gasteiger partial charge is 0.278 e. The van der Waals surface area contributed by atoms with Crippen LogP contribution in [-0.2, 0) is 5.41 Å². The summed E-state index contributed by atoms with van der Waals surface area (Å²) in [5.41, 5.74) is 12.5. The number of hydrogen-bond donors (Lipinski definition) is 0. The maximum Gasteiger partial charge on any atom is 0.240 e. The van der Waals surface area contributed by atoms with Gasteiger partial charge in [-0.2, -0.15) is 15.0 Å². The molecule has 0 N–H and O–H groups in total. The lowest BCUT2D eigenvalue weighted by molar-refractivity contribution is 0.660. The van der Waals surface area contributed by atoms with Crippen molar-refractivity contribution in [2.75, 3.05) is 0 Å². The molecule has 7 aromatic carbocycles. The van der Waals surface area contributed by atoms with Crippen LogP contribution in [0.2, 0.25) is 0 Å². The SMILES string of the molecule is CC1(C)c2ccccc2-c2ccc(-c3nc(-n4c5ccccc5c5ccccc54)nc(-n4c5ccccc5c5ccc(-c6ccccc6)cc54)n3)cc21. The zero-order valence-corrected chi connectivity index (χ0v) is 29.3. The average Bonchev–Trinajstić information content (AvgIpc) is 3.81. The summed E-state index contributed by atoms with van der Waals surface area (Å²) in [5, 5.41) is 4.62. The molecule has 5 nitrogen and oxygen atoms in total. The zero-order chi connectivity index (χ0) is 35.3. The maximum atomic E-state index is 5.38. The molecule has 0 radical (unpaired) electrons. The van der Waals surface area contributed by atoms with Gasteiger partial charge in [0.1, 0.15) is 0 Å². The normalized spacial score (nSPS) is 13.2. The van der Waals surface area contributed by atoms with E-state index in [9.17, 15) is 0 Å². The van der Waals surface area contributed by atoms with Gasteiger partial charge in [-0.15, -0.1) is 0 Å². The topological polar surface area (TPSA) is 48.5 Å². The predicted molar refractivity (Wildman–Crippen MR) is 217 cm³/mol.